The molecule has 0 aromatic heterocycles. The molecule has 1 atom stereocenters. The number of nitrogens with zero attached hydrogens (tertiary/aromatic N) is 1. The Hall–Kier alpha value is -2.19. The molecular formula is C21H28N2O5S. The molecule has 158 valence electrons. The molecule has 0 radical (unpaired) electrons. The van der Waals surface area contributed by atoms with Crippen LogP contribution in [0.5, 0.6) is 0 Å². The molecule has 1 aromatic carbocycles. The molecule has 7 nitrogen and oxygen atoms in total. The minimum absolute atomic E-state index is 0.184. The summed E-state index contributed by atoms with van der Waals surface area (Å²) in [4.78, 5) is 24.2. The number of hydrogen-bond acceptors (Lipinski definition) is 5. The Morgan fingerprint density at radius 2 is 1.72 bits per heavy atom. The SMILES string of the molecule is O=C(COC(=O)[C@H]1CC=CCC1)Nc1ccc(S(=O)(=O)N2CCCCCC2)cc1. The molecule has 8 heteroatoms. The molecule has 1 aromatic rings. The number of benzene rings is 1. The summed E-state index contributed by atoms with van der Waals surface area (Å²) in [6.07, 6.45) is 10.1. The van der Waals surface area contributed by atoms with Gasteiger partial charge in [0.05, 0.1) is 10.8 Å². The summed E-state index contributed by atoms with van der Waals surface area (Å²) >= 11 is 0. The van der Waals surface area contributed by atoms with Gasteiger partial charge in [-0.1, -0.05) is 25.0 Å². The number of nitrogens with one attached hydrogen (secondary N) is 1. The molecule has 1 N–H and O–H groups in total. The van der Waals surface area contributed by atoms with Crippen molar-refractivity contribution in [1.82, 2.24) is 4.31 Å². The first kappa shape index (κ1) is 21.5. The van der Waals surface area contributed by atoms with Gasteiger partial charge < -0.3 is 10.1 Å². The van der Waals surface area contributed by atoms with Gasteiger partial charge in [0.2, 0.25) is 10.0 Å². The highest BCUT2D eigenvalue weighted by Gasteiger charge is 2.25. The van der Waals surface area contributed by atoms with Crippen LogP contribution in [-0.4, -0.2) is 44.3 Å². The number of carbonyl (C=O) groups excluding carboxylic acids is 2. The largest absolute Gasteiger partial charge is 0.455 e. The number of carbonyl (C=O) groups is 2. The summed E-state index contributed by atoms with van der Waals surface area (Å²) in [5.41, 5.74) is 0.460. The summed E-state index contributed by atoms with van der Waals surface area (Å²) in [5, 5.41) is 2.63. The van der Waals surface area contributed by atoms with Crippen LogP contribution in [-0.2, 0) is 24.3 Å². The molecule has 1 fully saturated rings. The Morgan fingerprint density at radius 1 is 1.03 bits per heavy atom. The van der Waals surface area contributed by atoms with E-state index in [0.717, 1.165) is 38.5 Å². The van der Waals surface area contributed by atoms with E-state index in [1.807, 2.05) is 12.2 Å². The first-order valence-electron chi connectivity index (χ1n) is 10.2. The lowest BCUT2D eigenvalue weighted by Gasteiger charge is -2.20. The van der Waals surface area contributed by atoms with E-state index in [2.05, 4.69) is 5.32 Å². The van der Waals surface area contributed by atoms with Crippen molar-refractivity contribution in [2.75, 3.05) is 25.0 Å². The average molecular weight is 421 g/mol. The number of allylic oxidation sites excluding steroid dienone is 2. The van der Waals surface area contributed by atoms with E-state index in [1.54, 1.807) is 12.1 Å². The minimum atomic E-state index is -3.52. The lowest BCUT2D eigenvalue weighted by atomic mass is 9.95. The van der Waals surface area contributed by atoms with Gasteiger partial charge in [-0.25, -0.2) is 8.42 Å². The molecule has 3 rings (SSSR count). The molecule has 1 aliphatic heterocycles. The van der Waals surface area contributed by atoms with Crippen LogP contribution in [0.2, 0.25) is 0 Å². The van der Waals surface area contributed by atoms with E-state index in [-0.39, 0.29) is 23.4 Å². The number of ether oxygens (including phenoxy) is 1. The van der Waals surface area contributed by atoms with Crippen molar-refractivity contribution in [3.8, 4) is 0 Å². The van der Waals surface area contributed by atoms with Gasteiger partial charge in [-0.2, -0.15) is 4.31 Å². The van der Waals surface area contributed by atoms with Crippen molar-refractivity contribution >= 4 is 27.6 Å². The Morgan fingerprint density at radius 3 is 2.34 bits per heavy atom. The van der Waals surface area contributed by atoms with Crippen LogP contribution in [0.4, 0.5) is 5.69 Å². The molecule has 1 heterocycles. The molecular weight excluding hydrogens is 392 g/mol. The second kappa shape index (κ2) is 10.0. The molecule has 1 aliphatic carbocycles. The van der Waals surface area contributed by atoms with Gasteiger partial charge in [-0.05, 0) is 56.4 Å². The van der Waals surface area contributed by atoms with E-state index in [9.17, 15) is 18.0 Å². The number of hydrogen-bond donors (Lipinski definition) is 1. The van der Waals surface area contributed by atoms with Crippen LogP contribution in [0, 0.1) is 5.92 Å². The number of rotatable bonds is 6. The zero-order chi connectivity index (χ0) is 20.7. The molecule has 2 aliphatic rings. The Labute approximate surface area is 172 Å². The predicted octanol–water partition coefficient (Wildman–Crippen LogP) is 3.09. The molecule has 1 amide bonds. The van der Waals surface area contributed by atoms with Crippen molar-refractivity contribution < 1.29 is 22.7 Å². The molecule has 0 unspecified atom stereocenters. The molecule has 1 saturated heterocycles. The van der Waals surface area contributed by atoms with Crippen LogP contribution in [0.1, 0.15) is 44.9 Å². The minimum Gasteiger partial charge on any atom is -0.455 e. The van der Waals surface area contributed by atoms with Crippen molar-refractivity contribution in [1.29, 1.82) is 0 Å². The quantitative estimate of drug-likeness (QED) is 0.564. The van der Waals surface area contributed by atoms with Gasteiger partial charge in [0.1, 0.15) is 0 Å². The molecule has 0 saturated carbocycles. The second-order valence-corrected chi connectivity index (χ2v) is 9.42. The fraction of sp³-hybridized carbons (Fsp3) is 0.524. The average Bonchev–Trinajstić information content (AvgIpc) is 3.03. The van der Waals surface area contributed by atoms with Gasteiger partial charge in [0.15, 0.2) is 6.61 Å². The third-order valence-corrected chi connectivity index (χ3v) is 7.20. The van der Waals surface area contributed by atoms with E-state index in [4.69, 9.17) is 4.74 Å². The Bertz CT molecular complexity index is 840. The third-order valence-electron chi connectivity index (χ3n) is 5.29. The fourth-order valence-electron chi connectivity index (χ4n) is 3.60. The maximum absolute atomic E-state index is 12.8. The van der Waals surface area contributed by atoms with Crippen molar-refractivity contribution in [2.45, 2.75) is 49.8 Å². The van der Waals surface area contributed by atoms with Crippen LogP contribution < -0.4 is 5.32 Å². The molecule has 29 heavy (non-hydrogen) atoms. The van der Waals surface area contributed by atoms with Gasteiger partial charge in [-0.3, -0.25) is 9.59 Å². The smallest absolute Gasteiger partial charge is 0.309 e. The van der Waals surface area contributed by atoms with Crippen LogP contribution in [0.15, 0.2) is 41.3 Å². The first-order chi connectivity index (χ1) is 14.0. The first-order valence-corrected chi connectivity index (χ1v) is 11.6. The topological polar surface area (TPSA) is 92.8 Å². The molecule has 0 bridgehead atoms. The van der Waals surface area contributed by atoms with E-state index < -0.39 is 15.9 Å². The van der Waals surface area contributed by atoms with E-state index in [0.29, 0.717) is 25.2 Å². The van der Waals surface area contributed by atoms with Crippen molar-refractivity contribution in [3.05, 3.63) is 36.4 Å². The monoisotopic (exact) mass is 420 g/mol. The normalized spacial score (nSPS) is 20.6. The van der Waals surface area contributed by atoms with E-state index in [1.165, 1.54) is 16.4 Å². The maximum atomic E-state index is 12.8. The highest BCUT2D eigenvalue weighted by molar-refractivity contribution is 7.89. The number of sulfonamides is 1. The van der Waals surface area contributed by atoms with Gasteiger partial charge in [-0.15, -0.1) is 0 Å². The summed E-state index contributed by atoms with van der Waals surface area (Å²) in [6, 6.07) is 6.10. The molecule has 0 spiro atoms. The van der Waals surface area contributed by atoms with Crippen LogP contribution in [0.25, 0.3) is 0 Å². The Kier molecular flexibility index (Phi) is 7.44. The van der Waals surface area contributed by atoms with Crippen LogP contribution in [0.3, 0.4) is 0 Å². The summed E-state index contributed by atoms with van der Waals surface area (Å²) < 4.78 is 32.2. The number of anilines is 1. The Balaban J connectivity index is 1.52. The standard InChI is InChI=1S/C21H28N2O5S/c24-20(16-28-21(25)17-8-4-3-5-9-17)22-18-10-12-19(13-11-18)29(26,27)23-14-6-1-2-7-15-23/h3-4,10-13,17H,1-2,5-9,14-16H2,(H,22,24)/t17-/m0/s1. The second-order valence-electron chi connectivity index (χ2n) is 7.48. The lowest BCUT2D eigenvalue weighted by Crippen LogP contribution is -2.31. The van der Waals surface area contributed by atoms with Crippen LogP contribution >= 0.6 is 0 Å². The van der Waals surface area contributed by atoms with Gasteiger partial charge >= 0.3 is 5.97 Å². The summed E-state index contributed by atoms with van der Waals surface area (Å²) in [5.74, 6) is -0.993. The summed E-state index contributed by atoms with van der Waals surface area (Å²) in [6.45, 7) is 0.735. The third kappa shape index (κ3) is 5.90. The summed E-state index contributed by atoms with van der Waals surface area (Å²) in [7, 11) is -3.52. The fourth-order valence-corrected chi connectivity index (χ4v) is 5.12. The maximum Gasteiger partial charge on any atom is 0.309 e. The zero-order valence-electron chi connectivity index (χ0n) is 16.5. The highest BCUT2D eigenvalue weighted by atomic mass is 32.2. The number of esters is 1. The lowest BCUT2D eigenvalue weighted by molar-refractivity contribution is -0.151. The number of amides is 1. The zero-order valence-corrected chi connectivity index (χ0v) is 17.3. The predicted molar refractivity (Wildman–Crippen MR) is 110 cm³/mol. The van der Waals surface area contributed by atoms with Gasteiger partial charge in [0.25, 0.3) is 5.91 Å². The van der Waals surface area contributed by atoms with Gasteiger partial charge in [0, 0.05) is 18.8 Å². The van der Waals surface area contributed by atoms with Crippen molar-refractivity contribution in [3.63, 3.8) is 0 Å². The highest BCUT2D eigenvalue weighted by Crippen LogP contribution is 2.22. The van der Waals surface area contributed by atoms with Crippen molar-refractivity contribution in [2.24, 2.45) is 5.92 Å². The van der Waals surface area contributed by atoms with E-state index >= 15 is 0 Å².